The summed E-state index contributed by atoms with van der Waals surface area (Å²) < 4.78 is 0. The maximum absolute atomic E-state index is 3.28. The Hall–Kier alpha value is -1.44. The molecular formula is C12H16N2. The van der Waals surface area contributed by atoms with Crippen LogP contribution in [-0.2, 0) is 12.8 Å². The van der Waals surface area contributed by atoms with Crippen molar-refractivity contribution in [2.24, 2.45) is 0 Å². The lowest BCUT2D eigenvalue weighted by Gasteiger charge is -1.90. The number of aromatic amines is 2. The van der Waals surface area contributed by atoms with E-state index in [1.807, 2.05) is 0 Å². The van der Waals surface area contributed by atoms with Crippen LogP contribution in [0.1, 0.15) is 25.0 Å². The van der Waals surface area contributed by atoms with Crippen LogP contribution in [0.3, 0.4) is 0 Å². The molecule has 0 aliphatic heterocycles. The fourth-order valence-corrected chi connectivity index (χ4v) is 1.60. The first-order chi connectivity index (χ1) is 6.83. The van der Waals surface area contributed by atoms with Gasteiger partial charge in [-0.3, -0.25) is 0 Å². The second kappa shape index (κ2) is 3.74. The smallest absolute Gasteiger partial charge is 0.0622 e. The van der Waals surface area contributed by atoms with Gasteiger partial charge in [0.1, 0.15) is 0 Å². The molecule has 0 radical (unpaired) electrons. The van der Waals surface area contributed by atoms with Crippen molar-refractivity contribution < 1.29 is 0 Å². The Kier molecular flexibility index (Phi) is 2.44. The van der Waals surface area contributed by atoms with Crippen LogP contribution >= 0.6 is 0 Å². The summed E-state index contributed by atoms with van der Waals surface area (Å²) in [4.78, 5) is 6.56. The van der Waals surface area contributed by atoms with Crippen LogP contribution in [0.25, 0.3) is 11.4 Å². The van der Waals surface area contributed by atoms with Crippen molar-refractivity contribution in [3.8, 4) is 11.4 Å². The van der Waals surface area contributed by atoms with E-state index in [1.54, 1.807) is 0 Å². The molecule has 0 bridgehead atoms. The molecule has 0 spiro atoms. The number of aryl methyl sites for hydroxylation is 2. The fraction of sp³-hybridized carbons (Fsp3) is 0.333. The van der Waals surface area contributed by atoms with Gasteiger partial charge >= 0.3 is 0 Å². The van der Waals surface area contributed by atoms with Gasteiger partial charge in [0.15, 0.2) is 0 Å². The van der Waals surface area contributed by atoms with Gasteiger partial charge in [-0.2, -0.15) is 0 Å². The van der Waals surface area contributed by atoms with Gasteiger partial charge in [0.2, 0.25) is 0 Å². The van der Waals surface area contributed by atoms with Crippen LogP contribution in [0.15, 0.2) is 24.5 Å². The summed E-state index contributed by atoms with van der Waals surface area (Å²) in [5.41, 5.74) is 5.07. The summed E-state index contributed by atoms with van der Waals surface area (Å²) in [6.07, 6.45) is 6.30. The summed E-state index contributed by atoms with van der Waals surface area (Å²) in [6, 6.07) is 4.40. The van der Waals surface area contributed by atoms with Crippen LogP contribution in [0.5, 0.6) is 0 Å². The lowest BCUT2D eigenvalue weighted by Crippen LogP contribution is -1.74. The largest absolute Gasteiger partial charge is 0.360 e. The van der Waals surface area contributed by atoms with Crippen LogP contribution in [-0.4, -0.2) is 9.97 Å². The van der Waals surface area contributed by atoms with Crippen molar-refractivity contribution in [2.75, 3.05) is 0 Å². The molecule has 2 N–H and O–H groups in total. The molecule has 0 unspecified atom stereocenters. The summed E-state index contributed by atoms with van der Waals surface area (Å²) in [5.74, 6) is 0. The number of aromatic nitrogens is 2. The first-order valence-electron chi connectivity index (χ1n) is 5.18. The van der Waals surface area contributed by atoms with Crippen LogP contribution < -0.4 is 0 Å². The first-order valence-corrected chi connectivity index (χ1v) is 5.18. The van der Waals surface area contributed by atoms with Gasteiger partial charge in [-0.15, -0.1) is 0 Å². The lowest BCUT2D eigenvalue weighted by molar-refractivity contribution is 1.14. The Bertz CT molecular complexity index is 369. The van der Waals surface area contributed by atoms with Crippen LogP contribution in [0, 0.1) is 0 Å². The molecule has 2 nitrogen and oxygen atoms in total. The highest BCUT2D eigenvalue weighted by atomic mass is 14.8. The van der Waals surface area contributed by atoms with Gasteiger partial charge in [0, 0.05) is 12.4 Å². The normalized spacial score (nSPS) is 10.7. The molecule has 0 atom stereocenters. The second-order valence-electron chi connectivity index (χ2n) is 3.55. The average molecular weight is 188 g/mol. The highest BCUT2D eigenvalue weighted by Gasteiger charge is 2.02. The molecular weight excluding hydrogens is 172 g/mol. The third-order valence-electron chi connectivity index (χ3n) is 2.59. The molecule has 74 valence electrons. The van der Waals surface area contributed by atoms with Crippen molar-refractivity contribution in [2.45, 2.75) is 26.7 Å². The number of hydrogen-bond acceptors (Lipinski definition) is 0. The second-order valence-corrected chi connectivity index (χ2v) is 3.55. The maximum atomic E-state index is 3.28. The number of rotatable bonds is 3. The Morgan fingerprint density at radius 3 is 1.57 bits per heavy atom. The fourth-order valence-electron chi connectivity index (χ4n) is 1.60. The zero-order valence-corrected chi connectivity index (χ0v) is 8.72. The molecule has 2 rings (SSSR count). The molecule has 0 amide bonds. The molecule has 2 heteroatoms. The van der Waals surface area contributed by atoms with Crippen molar-refractivity contribution in [3.05, 3.63) is 35.7 Å². The third-order valence-corrected chi connectivity index (χ3v) is 2.59. The van der Waals surface area contributed by atoms with Crippen LogP contribution in [0.2, 0.25) is 0 Å². The summed E-state index contributed by atoms with van der Waals surface area (Å²) in [5, 5.41) is 0. The van der Waals surface area contributed by atoms with Gasteiger partial charge in [-0.1, -0.05) is 13.8 Å². The predicted octanol–water partition coefficient (Wildman–Crippen LogP) is 3.13. The van der Waals surface area contributed by atoms with E-state index in [-0.39, 0.29) is 0 Å². The van der Waals surface area contributed by atoms with E-state index in [9.17, 15) is 0 Å². The average Bonchev–Trinajstić information content (AvgIpc) is 2.86. The minimum Gasteiger partial charge on any atom is -0.360 e. The Labute approximate surface area is 84.4 Å². The van der Waals surface area contributed by atoms with E-state index in [4.69, 9.17) is 0 Å². The van der Waals surface area contributed by atoms with Gasteiger partial charge in [0.05, 0.1) is 11.4 Å². The molecule has 0 saturated carbocycles. The predicted molar refractivity (Wildman–Crippen MR) is 59.3 cm³/mol. The monoisotopic (exact) mass is 188 g/mol. The summed E-state index contributed by atoms with van der Waals surface area (Å²) in [6.45, 7) is 4.33. The maximum Gasteiger partial charge on any atom is 0.0622 e. The molecule has 0 aliphatic carbocycles. The minimum atomic E-state index is 1.08. The number of H-pyrrole nitrogens is 2. The molecule has 2 heterocycles. The zero-order valence-electron chi connectivity index (χ0n) is 8.72. The summed E-state index contributed by atoms with van der Waals surface area (Å²) in [7, 11) is 0. The molecule has 0 fully saturated rings. The molecule has 0 aliphatic rings. The summed E-state index contributed by atoms with van der Waals surface area (Å²) >= 11 is 0. The van der Waals surface area contributed by atoms with E-state index < -0.39 is 0 Å². The van der Waals surface area contributed by atoms with Crippen molar-refractivity contribution in [1.29, 1.82) is 0 Å². The van der Waals surface area contributed by atoms with E-state index in [1.165, 1.54) is 22.5 Å². The standard InChI is InChI=1S/C12H16N2/c1-3-9-5-11(13-7-9)12-6-10(4-2)8-14-12/h5-8,13-14H,3-4H2,1-2H3. The first kappa shape index (κ1) is 9.13. The molecule has 14 heavy (non-hydrogen) atoms. The topological polar surface area (TPSA) is 31.6 Å². The van der Waals surface area contributed by atoms with E-state index in [2.05, 4.69) is 48.3 Å². The number of nitrogens with one attached hydrogen (secondary N) is 2. The van der Waals surface area contributed by atoms with Gasteiger partial charge in [-0.25, -0.2) is 0 Å². The third kappa shape index (κ3) is 1.60. The Balaban J connectivity index is 2.29. The Morgan fingerprint density at radius 1 is 0.857 bits per heavy atom. The van der Waals surface area contributed by atoms with E-state index >= 15 is 0 Å². The van der Waals surface area contributed by atoms with Crippen molar-refractivity contribution in [3.63, 3.8) is 0 Å². The highest BCUT2D eigenvalue weighted by Crippen LogP contribution is 2.19. The van der Waals surface area contributed by atoms with Gasteiger partial charge in [0.25, 0.3) is 0 Å². The van der Waals surface area contributed by atoms with Crippen molar-refractivity contribution >= 4 is 0 Å². The quantitative estimate of drug-likeness (QED) is 0.741. The van der Waals surface area contributed by atoms with Crippen LogP contribution in [0.4, 0.5) is 0 Å². The molecule has 0 aromatic carbocycles. The Morgan fingerprint density at radius 2 is 1.29 bits per heavy atom. The van der Waals surface area contributed by atoms with Gasteiger partial charge < -0.3 is 9.97 Å². The van der Waals surface area contributed by atoms with Gasteiger partial charge in [-0.05, 0) is 36.1 Å². The van der Waals surface area contributed by atoms with E-state index in [0.29, 0.717) is 0 Å². The minimum absolute atomic E-state index is 1.08. The molecule has 2 aromatic rings. The highest BCUT2D eigenvalue weighted by molar-refractivity contribution is 5.57. The zero-order chi connectivity index (χ0) is 9.97. The lowest BCUT2D eigenvalue weighted by atomic mass is 10.2. The van der Waals surface area contributed by atoms with E-state index in [0.717, 1.165) is 12.8 Å². The molecule has 0 saturated heterocycles. The van der Waals surface area contributed by atoms with Crippen molar-refractivity contribution in [1.82, 2.24) is 9.97 Å². The molecule has 2 aromatic heterocycles. The number of hydrogen-bond donors (Lipinski definition) is 2. The SMILES string of the molecule is CCc1c[nH]c(-c2cc(CC)c[nH]2)c1.